The van der Waals surface area contributed by atoms with Gasteiger partial charge in [0.25, 0.3) is 0 Å². The van der Waals surface area contributed by atoms with Crippen molar-refractivity contribution in [1.29, 1.82) is 5.26 Å². The summed E-state index contributed by atoms with van der Waals surface area (Å²) < 4.78 is 5.60. The number of methoxy groups -OCH3 is 1. The van der Waals surface area contributed by atoms with Crippen molar-refractivity contribution in [2.45, 2.75) is 45.4 Å². The fourth-order valence-electron chi connectivity index (χ4n) is 4.06. The highest BCUT2D eigenvalue weighted by Gasteiger charge is 2.39. The summed E-state index contributed by atoms with van der Waals surface area (Å²) in [5.41, 5.74) is 0.467. The van der Waals surface area contributed by atoms with E-state index in [4.69, 9.17) is 4.74 Å². The van der Waals surface area contributed by atoms with Gasteiger partial charge in [0, 0.05) is 52.3 Å². The second-order valence-corrected chi connectivity index (χ2v) is 8.62. The van der Waals surface area contributed by atoms with E-state index in [-0.39, 0.29) is 30.6 Å². The SMILES string of the molecule is CO[C@H]1C[C@@H](CN2CCC(=O)N(CC(C)(C)C#N)C2=O)N(Cc2ccccc2)C1. The Bertz CT molecular complexity index is 774. The Morgan fingerprint density at radius 3 is 2.62 bits per heavy atom. The van der Waals surface area contributed by atoms with E-state index in [2.05, 4.69) is 23.1 Å². The lowest BCUT2D eigenvalue weighted by Crippen LogP contribution is -2.56. The molecular weight excluding hydrogens is 368 g/mol. The van der Waals surface area contributed by atoms with Crippen molar-refractivity contribution in [2.24, 2.45) is 5.41 Å². The first-order chi connectivity index (χ1) is 13.8. The molecule has 29 heavy (non-hydrogen) atoms. The molecule has 2 saturated heterocycles. The molecule has 0 spiro atoms. The van der Waals surface area contributed by atoms with Crippen LogP contribution < -0.4 is 0 Å². The topological polar surface area (TPSA) is 76.9 Å². The molecule has 0 saturated carbocycles. The van der Waals surface area contributed by atoms with Crippen LogP contribution in [0.4, 0.5) is 4.79 Å². The van der Waals surface area contributed by atoms with Gasteiger partial charge in [-0.3, -0.25) is 14.6 Å². The maximum atomic E-state index is 13.0. The number of nitriles is 1. The normalized spacial score (nSPS) is 23.5. The Morgan fingerprint density at radius 1 is 1.24 bits per heavy atom. The molecule has 0 N–H and O–H groups in total. The molecule has 0 aliphatic carbocycles. The fourth-order valence-corrected chi connectivity index (χ4v) is 4.06. The molecular formula is C22H30N4O3. The molecule has 7 heteroatoms. The average Bonchev–Trinajstić information content (AvgIpc) is 3.09. The summed E-state index contributed by atoms with van der Waals surface area (Å²) in [6.45, 7) is 6.22. The maximum Gasteiger partial charge on any atom is 0.326 e. The van der Waals surface area contributed by atoms with Crippen LogP contribution in [0.5, 0.6) is 0 Å². The Hall–Kier alpha value is -2.43. The van der Waals surface area contributed by atoms with Crippen LogP contribution in [0.3, 0.4) is 0 Å². The zero-order chi connectivity index (χ0) is 21.0. The third-order valence-corrected chi connectivity index (χ3v) is 5.74. The van der Waals surface area contributed by atoms with Gasteiger partial charge in [0.15, 0.2) is 0 Å². The third kappa shape index (κ3) is 5.14. The summed E-state index contributed by atoms with van der Waals surface area (Å²) in [6, 6.07) is 12.3. The summed E-state index contributed by atoms with van der Waals surface area (Å²) in [7, 11) is 1.73. The van der Waals surface area contributed by atoms with Crippen LogP contribution in [0.2, 0.25) is 0 Å². The minimum absolute atomic E-state index is 0.122. The molecule has 7 nitrogen and oxygen atoms in total. The van der Waals surface area contributed by atoms with Crippen molar-refractivity contribution in [3.8, 4) is 6.07 Å². The lowest BCUT2D eigenvalue weighted by Gasteiger charge is -2.38. The summed E-state index contributed by atoms with van der Waals surface area (Å²) in [4.78, 5) is 30.7. The molecule has 1 aromatic carbocycles. The fraction of sp³-hybridized carbons (Fsp3) is 0.591. The van der Waals surface area contributed by atoms with Gasteiger partial charge in [-0.2, -0.15) is 5.26 Å². The average molecular weight is 399 g/mol. The van der Waals surface area contributed by atoms with E-state index < -0.39 is 5.41 Å². The number of amides is 3. The van der Waals surface area contributed by atoms with Crippen molar-refractivity contribution in [3.05, 3.63) is 35.9 Å². The van der Waals surface area contributed by atoms with Crippen LogP contribution >= 0.6 is 0 Å². The summed E-state index contributed by atoms with van der Waals surface area (Å²) in [6.07, 6.45) is 1.29. The molecule has 3 amide bonds. The van der Waals surface area contributed by atoms with Crippen LogP contribution in [0.15, 0.2) is 30.3 Å². The predicted molar refractivity (Wildman–Crippen MR) is 109 cm³/mol. The van der Waals surface area contributed by atoms with Crippen LogP contribution in [0.1, 0.15) is 32.3 Å². The number of benzene rings is 1. The second-order valence-electron chi connectivity index (χ2n) is 8.62. The van der Waals surface area contributed by atoms with E-state index in [0.717, 1.165) is 19.5 Å². The smallest absolute Gasteiger partial charge is 0.326 e. The number of nitrogens with zero attached hydrogens (tertiary/aromatic N) is 4. The zero-order valence-corrected chi connectivity index (χ0v) is 17.5. The van der Waals surface area contributed by atoms with E-state index in [0.29, 0.717) is 19.5 Å². The van der Waals surface area contributed by atoms with Crippen molar-refractivity contribution >= 4 is 11.9 Å². The van der Waals surface area contributed by atoms with Gasteiger partial charge >= 0.3 is 6.03 Å². The van der Waals surface area contributed by atoms with Gasteiger partial charge in [0.1, 0.15) is 0 Å². The number of hydrogen-bond acceptors (Lipinski definition) is 5. The highest BCUT2D eigenvalue weighted by Crippen LogP contribution is 2.26. The van der Waals surface area contributed by atoms with E-state index in [1.54, 1.807) is 25.9 Å². The largest absolute Gasteiger partial charge is 0.380 e. The van der Waals surface area contributed by atoms with E-state index in [9.17, 15) is 14.9 Å². The van der Waals surface area contributed by atoms with Crippen molar-refractivity contribution in [2.75, 3.05) is 33.3 Å². The van der Waals surface area contributed by atoms with Gasteiger partial charge in [-0.15, -0.1) is 0 Å². The van der Waals surface area contributed by atoms with E-state index in [1.165, 1.54) is 10.5 Å². The lowest BCUT2D eigenvalue weighted by atomic mass is 9.95. The first kappa shape index (κ1) is 21.3. The number of rotatable bonds is 7. The zero-order valence-electron chi connectivity index (χ0n) is 17.5. The van der Waals surface area contributed by atoms with Gasteiger partial charge in [-0.1, -0.05) is 30.3 Å². The number of likely N-dealkylation sites (tertiary alicyclic amines) is 1. The molecule has 1 aromatic rings. The van der Waals surface area contributed by atoms with Crippen molar-refractivity contribution < 1.29 is 14.3 Å². The first-order valence-electron chi connectivity index (χ1n) is 10.1. The summed E-state index contributed by atoms with van der Waals surface area (Å²) >= 11 is 0. The molecule has 0 bridgehead atoms. The Morgan fingerprint density at radius 2 is 1.97 bits per heavy atom. The van der Waals surface area contributed by atoms with Crippen LogP contribution in [-0.4, -0.2) is 72.1 Å². The second kappa shape index (κ2) is 8.93. The summed E-state index contributed by atoms with van der Waals surface area (Å²) in [5, 5.41) is 9.29. The molecule has 2 heterocycles. The number of carbonyl (C=O) groups is 2. The first-order valence-corrected chi connectivity index (χ1v) is 10.1. The standard InChI is InChI=1S/C22H30N4O3/c1-22(2,15-23)16-26-20(27)9-10-24(21(26)28)13-18-11-19(29-3)14-25(18)12-17-7-5-4-6-8-17/h4-8,18-19H,9-14,16H2,1-3H3/t18-,19-/m0/s1. The Labute approximate surface area is 172 Å². The van der Waals surface area contributed by atoms with Gasteiger partial charge in [-0.25, -0.2) is 4.79 Å². The monoisotopic (exact) mass is 398 g/mol. The van der Waals surface area contributed by atoms with Crippen LogP contribution in [0, 0.1) is 16.7 Å². The number of ether oxygens (including phenoxy) is 1. The lowest BCUT2D eigenvalue weighted by molar-refractivity contribution is -0.132. The Kier molecular flexibility index (Phi) is 6.56. The molecule has 2 aliphatic heterocycles. The molecule has 0 aromatic heterocycles. The van der Waals surface area contributed by atoms with Gasteiger partial charge in [0.2, 0.25) is 5.91 Å². The van der Waals surface area contributed by atoms with Crippen molar-refractivity contribution in [1.82, 2.24) is 14.7 Å². The molecule has 2 atom stereocenters. The van der Waals surface area contributed by atoms with Crippen LogP contribution in [0.25, 0.3) is 0 Å². The molecule has 156 valence electrons. The quantitative estimate of drug-likeness (QED) is 0.705. The number of carbonyl (C=O) groups excluding carboxylic acids is 2. The molecule has 0 radical (unpaired) electrons. The van der Waals surface area contributed by atoms with Gasteiger partial charge in [-0.05, 0) is 25.8 Å². The molecule has 2 fully saturated rings. The number of urea groups is 1. The Balaban J connectivity index is 1.70. The van der Waals surface area contributed by atoms with E-state index >= 15 is 0 Å². The molecule has 3 rings (SSSR count). The van der Waals surface area contributed by atoms with Crippen LogP contribution in [-0.2, 0) is 16.1 Å². The van der Waals surface area contributed by atoms with Gasteiger partial charge in [0.05, 0.1) is 17.6 Å². The number of hydrogen-bond donors (Lipinski definition) is 0. The van der Waals surface area contributed by atoms with Crippen molar-refractivity contribution in [3.63, 3.8) is 0 Å². The molecule has 2 aliphatic rings. The minimum Gasteiger partial charge on any atom is -0.380 e. The highest BCUT2D eigenvalue weighted by atomic mass is 16.5. The summed E-state index contributed by atoms with van der Waals surface area (Å²) in [5.74, 6) is -0.197. The predicted octanol–water partition coefficient (Wildman–Crippen LogP) is 2.48. The van der Waals surface area contributed by atoms with Gasteiger partial charge < -0.3 is 9.64 Å². The highest BCUT2D eigenvalue weighted by molar-refractivity contribution is 5.96. The number of imide groups is 1. The molecule has 0 unspecified atom stereocenters. The minimum atomic E-state index is -0.762. The van der Waals surface area contributed by atoms with E-state index in [1.807, 2.05) is 18.2 Å². The third-order valence-electron chi connectivity index (χ3n) is 5.74. The maximum absolute atomic E-state index is 13.0.